The summed E-state index contributed by atoms with van der Waals surface area (Å²) >= 11 is 0. The van der Waals surface area contributed by atoms with Crippen LogP contribution in [0.1, 0.15) is 77.1 Å². The number of carbonyl (C=O) groups excluding carboxylic acids is 3. The van der Waals surface area contributed by atoms with Gasteiger partial charge in [0.25, 0.3) is 0 Å². The van der Waals surface area contributed by atoms with Gasteiger partial charge in [-0.15, -0.1) is 0 Å². The first kappa shape index (κ1) is 37.4. The maximum atomic E-state index is 13.6. The minimum atomic E-state index is -1.22. The summed E-state index contributed by atoms with van der Waals surface area (Å²) in [6, 6.07) is 16.7. The smallest absolute Gasteiger partial charge is 0.407 e. The summed E-state index contributed by atoms with van der Waals surface area (Å²) < 4.78 is 4.77. The van der Waals surface area contributed by atoms with Crippen molar-refractivity contribution in [3.05, 3.63) is 72.4 Å². The molecule has 0 bridgehead atoms. The second kappa shape index (κ2) is 15.4. The van der Waals surface area contributed by atoms with Crippen LogP contribution in [0.5, 0.6) is 0 Å². The highest BCUT2D eigenvalue weighted by Crippen LogP contribution is 2.36. The van der Waals surface area contributed by atoms with Crippen molar-refractivity contribution in [3.63, 3.8) is 0 Å². The Morgan fingerprint density at radius 2 is 1.35 bits per heavy atom. The van der Waals surface area contributed by atoms with Crippen LogP contribution < -0.4 is 10.6 Å². The zero-order chi connectivity index (χ0) is 39.0. The number of imidazole rings is 2. The molecule has 3 aromatic carbocycles. The first-order valence-corrected chi connectivity index (χ1v) is 19.0. The van der Waals surface area contributed by atoms with Crippen LogP contribution in [-0.2, 0) is 14.3 Å². The van der Waals surface area contributed by atoms with Gasteiger partial charge in [-0.05, 0) is 83.7 Å². The molecule has 2 unspecified atom stereocenters. The van der Waals surface area contributed by atoms with E-state index in [9.17, 15) is 24.3 Å². The number of hydrogen-bond acceptors (Lipinski definition) is 7. The number of methoxy groups -OCH3 is 1. The number of carbonyl (C=O) groups is 4. The molecule has 2 fully saturated rings. The molecule has 2 aliphatic heterocycles. The molecule has 2 aromatic heterocycles. The number of rotatable bonds is 10. The Balaban J connectivity index is 1.11. The molecule has 0 spiro atoms. The lowest BCUT2D eigenvalue weighted by Crippen LogP contribution is -2.51. The van der Waals surface area contributed by atoms with Crippen molar-refractivity contribution < 1.29 is 29.0 Å². The Hall–Kier alpha value is -5.92. The quantitative estimate of drug-likeness (QED) is 0.104. The van der Waals surface area contributed by atoms with Gasteiger partial charge < -0.3 is 40.2 Å². The van der Waals surface area contributed by atoms with Crippen molar-refractivity contribution in [2.24, 2.45) is 11.8 Å². The van der Waals surface area contributed by atoms with Gasteiger partial charge in [0.2, 0.25) is 11.8 Å². The van der Waals surface area contributed by atoms with Crippen LogP contribution in [0.25, 0.3) is 44.2 Å². The average molecular weight is 749 g/mol. The van der Waals surface area contributed by atoms with E-state index in [0.717, 1.165) is 75.7 Å². The first-order chi connectivity index (χ1) is 26.4. The Kier molecular flexibility index (Phi) is 10.5. The molecule has 55 heavy (non-hydrogen) atoms. The van der Waals surface area contributed by atoms with E-state index in [2.05, 4.69) is 68.1 Å². The summed E-state index contributed by atoms with van der Waals surface area (Å²) in [5, 5.41) is 16.6. The van der Waals surface area contributed by atoms with E-state index in [1.54, 1.807) is 11.1 Å². The third-order valence-electron chi connectivity index (χ3n) is 10.9. The lowest BCUT2D eigenvalue weighted by atomic mass is 9.99. The Labute approximate surface area is 319 Å². The van der Waals surface area contributed by atoms with Crippen LogP contribution in [0, 0.1) is 11.8 Å². The predicted octanol–water partition coefficient (Wildman–Crippen LogP) is 6.77. The van der Waals surface area contributed by atoms with E-state index in [1.165, 1.54) is 7.11 Å². The standard InChI is InChI=1S/C41H48N8O6/c1-22(2)34(46-40(52)53)38(50)48-16-6-8-32(48)36-42-21-31(45-36)27-13-11-24-10-12-25(18-28(24)19-27)26-14-15-29-30(20-26)44-37(43-29)33-9-7-17-49(33)39(51)35(23(3)4)47-41(54)55-5/h10-15,18-23,32-35,46H,6-9,16-17H2,1-5H3,(H,42,45)(H,43,44)(H,47,54)(H,52,53)/t32-,33-,34?,35?/m0/s1. The number of amides is 4. The fourth-order valence-corrected chi connectivity index (χ4v) is 7.95. The monoisotopic (exact) mass is 748 g/mol. The summed E-state index contributed by atoms with van der Waals surface area (Å²) in [5.41, 5.74) is 5.52. The number of nitrogens with one attached hydrogen (secondary N) is 4. The van der Waals surface area contributed by atoms with Gasteiger partial charge in [-0.25, -0.2) is 19.6 Å². The SMILES string of the molecule is COC(=O)NC(C(=O)N1CCC[C@H]1c1nc2ccc(-c3ccc4ccc(-c5cnc([C@@H]6CCCN6C(=O)C(NC(=O)O)C(C)C)[nH]5)cc4c3)cc2[nH]1)C(C)C. The van der Waals surface area contributed by atoms with Gasteiger partial charge in [0.1, 0.15) is 23.7 Å². The minimum absolute atomic E-state index is 0.116. The fraction of sp³-hybridized carbons (Fsp3) is 0.415. The van der Waals surface area contributed by atoms with Gasteiger partial charge in [0.05, 0.1) is 42.1 Å². The molecule has 288 valence electrons. The van der Waals surface area contributed by atoms with Crippen molar-refractivity contribution >= 4 is 45.8 Å². The maximum Gasteiger partial charge on any atom is 0.407 e. The Morgan fingerprint density at radius 1 is 0.764 bits per heavy atom. The largest absolute Gasteiger partial charge is 0.465 e. The molecule has 4 heterocycles. The summed E-state index contributed by atoms with van der Waals surface area (Å²) in [4.78, 5) is 70.6. The van der Waals surface area contributed by atoms with Gasteiger partial charge in [0.15, 0.2) is 0 Å². The van der Waals surface area contributed by atoms with E-state index in [-0.39, 0.29) is 35.7 Å². The van der Waals surface area contributed by atoms with E-state index in [1.807, 2.05) is 44.7 Å². The number of aromatic nitrogens is 4. The highest BCUT2D eigenvalue weighted by atomic mass is 16.5. The molecule has 14 heteroatoms. The number of aromatic amines is 2. The maximum absolute atomic E-state index is 13.6. The Morgan fingerprint density at radius 3 is 1.98 bits per heavy atom. The van der Waals surface area contributed by atoms with E-state index >= 15 is 0 Å². The van der Waals surface area contributed by atoms with Crippen LogP contribution >= 0.6 is 0 Å². The van der Waals surface area contributed by atoms with E-state index < -0.39 is 24.3 Å². The predicted molar refractivity (Wildman–Crippen MR) is 208 cm³/mol. The highest BCUT2D eigenvalue weighted by molar-refractivity contribution is 5.92. The number of ether oxygens (including phenoxy) is 1. The molecule has 14 nitrogen and oxygen atoms in total. The molecule has 0 aliphatic carbocycles. The summed E-state index contributed by atoms with van der Waals surface area (Å²) in [6.07, 6.45) is 3.10. The van der Waals surface area contributed by atoms with Crippen LogP contribution in [0.3, 0.4) is 0 Å². The normalized spacial score (nSPS) is 18.3. The average Bonchev–Trinajstić information content (AvgIpc) is 4.00. The number of hydrogen-bond donors (Lipinski definition) is 5. The first-order valence-electron chi connectivity index (χ1n) is 19.0. The highest BCUT2D eigenvalue weighted by Gasteiger charge is 2.39. The molecule has 0 radical (unpaired) electrons. The Bertz CT molecular complexity index is 2240. The molecule has 7 rings (SSSR count). The third-order valence-corrected chi connectivity index (χ3v) is 10.9. The lowest BCUT2D eigenvalue weighted by Gasteiger charge is -2.29. The van der Waals surface area contributed by atoms with Crippen LogP contribution in [0.4, 0.5) is 9.59 Å². The number of nitrogens with zero attached hydrogens (tertiary/aromatic N) is 4. The van der Waals surface area contributed by atoms with Crippen molar-refractivity contribution in [1.82, 2.24) is 40.4 Å². The molecule has 5 aromatic rings. The fourth-order valence-electron chi connectivity index (χ4n) is 7.95. The number of carboxylic acid groups (broad SMARTS) is 1. The molecular formula is C41H48N8O6. The van der Waals surface area contributed by atoms with Crippen molar-refractivity contribution in [1.29, 1.82) is 0 Å². The van der Waals surface area contributed by atoms with Gasteiger partial charge in [-0.2, -0.15) is 0 Å². The number of H-pyrrole nitrogens is 2. The van der Waals surface area contributed by atoms with Crippen LogP contribution in [-0.4, -0.2) is 91.1 Å². The molecule has 4 amide bonds. The van der Waals surface area contributed by atoms with Crippen molar-refractivity contribution in [2.45, 2.75) is 77.5 Å². The third kappa shape index (κ3) is 7.58. The molecule has 5 N–H and O–H groups in total. The van der Waals surface area contributed by atoms with Crippen LogP contribution in [0.15, 0.2) is 60.8 Å². The zero-order valence-electron chi connectivity index (χ0n) is 31.8. The summed E-state index contributed by atoms with van der Waals surface area (Å²) in [7, 11) is 1.29. The molecule has 4 atom stereocenters. The number of benzene rings is 3. The van der Waals surface area contributed by atoms with Crippen LogP contribution in [0.2, 0.25) is 0 Å². The number of alkyl carbamates (subject to hydrolysis) is 1. The molecule has 2 saturated heterocycles. The lowest BCUT2D eigenvalue weighted by molar-refractivity contribution is -0.136. The molecule has 2 aliphatic rings. The summed E-state index contributed by atoms with van der Waals surface area (Å²) in [5.74, 6) is 0.716. The topological polar surface area (TPSA) is 186 Å². The second-order valence-corrected chi connectivity index (χ2v) is 15.2. The van der Waals surface area contributed by atoms with E-state index in [0.29, 0.717) is 18.9 Å². The zero-order valence-corrected chi connectivity index (χ0v) is 31.8. The van der Waals surface area contributed by atoms with Gasteiger partial charge in [-0.1, -0.05) is 58.0 Å². The molecular weight excluding hydrogens is 701 g/mol. The van der Waals surface area contributed by atoms with Gasteiger partial charge in [0, 0.05) is 18.7 Å². The van der Waals surface area contributed by atoms with Gasteiger partial charge >= 0.3 is 12.2 Å². The molecule has 0 saturated carbocycles. The van der Waals surface area contributed by atoms with Gasteiger partial charge in [-0.3, -0.25) is 9.59 Å². The van der Waals surface area contributed by atoms with Crippen molar-refractivity contribution in [2.75, 3.05) is 20.2 Å². The number of fused-ring (bicyclic) bond motifs is 2. The van der Waals surface area contributed by atoms with E-state index in [4.69, 9.17) is 9.72 Å². The van der Waals surface area contributed by atoms with Crippen molar-refractivity contribution in [3.8, 4) is 22.4 Å². The number of likely N-dealkylation sites (tertiary alicyclic amines) is 2. The summed E-state index contributed by atoms with van der Waals surface area (Å²) in [6.45, 7) is 8.59. The second-order valence-electron chi connectivity index (χ2n) is 15.2. The minimum Gasteiger partial charge on any atom is -0.465 e.